The smallest absolute Gasteiger partial charge is 0.555 e. The van der Waals surface area contributed by atoms with Crippen molar-refractivity contribution in [2.24, 2.45) is 0 Å². The van der Waals surface area contributed by atoms with Gasteiger partial charge >= 0.3 is 29.6 Å². The van der Waals surface area contributed by atoms with Crippen LogP contribution in [-0.4, -0.2) is 14.4 Å². The summed E-state index contributed by atoms with van der Waals surface area (Å²) in [7, 11) is -1.84. The molecule has 1 atom stereocenters. The number of carbonyl (C=O) groups excluding carboxylic acids is 1. The molecular weight excluding hydrogens is 179 g/mol. The Kier molecular flexibility index (Phi) is 4.48. The van der Waals surface area contributed by atoms with Crippen LogP contribution in [0.15, 0.2) is 22.0 Å². The minimum Gasteiger partial charge on any atom is -0.555 e. The van der Waals surface area contributed by atoms with Gasteiger partial charge in [-0.15, -0.1) is 0 Å². The molecule has 1 heterocycles. The minimum atomic E-state index is -1.84. The Hall–Kier alpha value is 0.167. The molecule has 0 radical (unpaired) electrons. The van der Waals surface area contributed by atoms with Crippen LogP contribution in [-0.2, 0) is 0 Å². The average Bonchev–Trinajstić information content (AvgIpc) is 2.17. The van der Waals surface area contributed by atoms with Gasteiger partial charge in [-0.2, -0.15) is 0 Å². The first kappa shape index (κ1) is 12.2. The van der Waals surface area contributed by atoms with Crippen LogP contribution in [0.5, 0.6) is 0 Å². The molecule has 0 aromatic rings. The topological polar surface area (TPSA) is 40.1 Å². The standard InChI is InChI=1S/C8H12O2Si.Na/c1-5-4-11(8(9)10)7(3)6(5)2;/h4,11H,1-3H3,(H,9,10);/q;+1/p-1. The fourth-order valence-electron chi connectivity index (χ4n) is 1.29. The Labute approximate surface area is 96.3 Å². The molecular formula is C8H11NaO2Si. The van der Waals surface area contributed by atoms with Gasteiger partial charge in [0.05, 0.1) is 0 Å². The van der Waals surface area contributed by atoms with E-state index in [9.17, 15) is 9.90 Å². The van der Waals surface area contributed by atoms with Crippen LogP contribution in [0, 0.1) is 0 Å². The first-order chi connectivity index (χ1) is 5.04. The molecule has 1 unspecified atom stereocenters. The normalized spacial score (nSPS) is 21.9. The molecule has 0 N–H and O–H groups in total. The zero-order valence-corrected chi connectivity index (χ0v) is 11.1. The Morgan fingerprint density at radius 3 is 2.08 bits per heavy atom. The zero-order chi connectivity index (χ0) is 8.59. The van der Waals surface area contributed by atoms with Gasteiger partial charge in [0.25, 0.3) is 0 Å². The van der Waals surface area contributed by atoms with Crippen molar-refractivity contribution in [3.8, 4) is 0 Å². The molecule has 0 amide bonds. The maximum Gasteiger partial charge on any atom is 1.00 e. The predicted octanol–water partition coefficient (Wildman–Crippen LogP) is -2.48. The SMILES string of the molecule is CC1=C[SiH](C(=O)[O-])C(C)=C1C.[Na+]. The third-order valence-electron chi connectivity index (χ3n) is 2.32. The van der Waals surface area contributed by atoms with Gasteiger partial charge in [-0.1, -0.05) is 22.0 Å². The fraction of sp³-hybridized carbons (Fsp3) is 0.375. The number of hydrogen-bond acceptors (Lipinski definition) is 2. The second-order valence-electron chi connectivity index (χ2n) is 2.95. The molecule has 0 fully saturated rings. The van der Waals surface area contributed by atoms with E-state index < -0.39 is 14.4 Å². The van der Waals surface area contributed by atoms with Crippen LogP contribution < -0.4 is 34.7 Å². The summed E-state index contributed by atoms with van der Waals surface area (Å²) >= 11 is 0. The second-order valence-corrected chi connectivity index (χ2v) is 5.58. The minimum absolute atomic E-state index is 0. The quantitative estimate of drug-likeness (QED) is 0.429. The molecule has 0 spiro atoms. The average molecular weight is 190 g/mol. The molecule has 0 saturated heterocycles. The van der Waals surface area contributed by atoms with Gasteiger partial charge in [0, 0.05) is 5.59 Å². The van der Waals surface area contributed by atoms with E-state index in [0.29, 0.717) is 0 Å². The number of carboxylic acid groups (broad SMARTS) is 1. The summed E-state index contributed by atoms with van der Waals surface area (Å²) in [6, 6.07) is 0. The van der Waals surface area contributed by atoms with E-state index in [-0.39, 0.29) is 29.6 Å². The van der Waals surface area contributed by atoms with E-state index in [1.165, 1.54) is 0 Å². The molecule has 0 aromatic heterocycles. The molecule has 1 rings (SSSR count). The fourth-order valence-corrected chi connectivity index (χ4v) is 3.47. The third-order valence-corrected chi connectivity index (χ3v) is 5.03. The summed E-state index contributed by atoms with van der Waals surface area (Å²) in [5.41, 5.74) is 3.27. The van der Waals surface area contributed by atoms with Crippen molar-refractivity contribution in [3.63, 3.8) is 0 Å². The molecule has 0 aromatic carbocycles. The molecule has 0 saturated carbocycles. The summed E-state index contributed by atoms with van der Waals surface area (Å²) in [4.78, 5) is 10.6. The van der Waals surface area contributed by atoms with Gasteiger partial charge in [-0.05, 0) is 20.8 Å². The zero-order valence-electron chi connectivity index (χ0n) is 7.97. The number of hydrogen-bond donors (Lipinski definition) is 0. The van der Waals surface area contributed by atoms with Gasteiger partial charge in [0.2, 0.25) is 0 Å². The van der Waals surface area contributed by atoms with Crippen molar-refractivity contribution in [3.05, 3.63) is 22.0 Å². The Morgan fingerprint density at radius 2 is 1.92 bits per heavy atom. The van der Waals surface area contributed by atoms with Crippen LogP contribution >= 0.6 is 0 Å². The van der Waals surface area contributed by atoms with Crippen molar-refractivity contribution in [2.75, 3.05) is 0 Å². The maximum absolute atomic E-state index is 10.6. The largest absolute Gasteiger partial charge is 1.00 e. The molecule has 0 aliphatic carbocycles. The van der Waals surface area contributed by atoms with Crippen molar-refractivity contribution < 1.29 is 39.5 Å². The van der Waals surface area contributed by atoms with Gasteiger partial charge in [0.1, 0.15) is 8.80 Å². The molecule has 60 valence electrons. The Bertz CT molecular complexity index is 268. The van der Waals surface area contributed by atoms with Gasteiger partial charge in [0.15, 0.2) is 0 Å². The van der Waals surface area contributed by atoms with Crippen molar-refractivity contribution >= 4 is 14.4 Å². The molecule has 4 heteroatoms. The molecule has 2 nitrogen and oxygen atoms in total. The first-order valence-electron chi connectivity index (χ1n) is 3.61. The van der Waals surface area contributed by atoms with E-state index >= 15 is 0 Å². The summed E-state index contributed by atoms with van der Waals surface area (Å²) in [6.45, 7) is 5.82. The number of carbonyl (C=O) groups is 1. The summed E-state index contributed by atoms with van der Waals surface area (Å²) in [6.07, 6.45) is 0. The van der Waals surface area contributed by atoms with Crippen molar-refractivity contribution in [2.45, 2.75) is 20.8 Å². The van der Waals surface area contributed by atoms with Crippen LogP contribution in [0.25, 0.3) is 0 Å². The van der Waals surface area contributed by atoms with E-state index in [1.54, 1.807) is 0 Å². The van der Waals surface area contributed by atoms with Crippen molar-refractivity contribution in [1.29, 1.82) is 0 Å². The summed E-state index contributed by atoms with van der Waals surface area (Å²) in [5, 5.41) is 11.6. The molecule has 1 aliphatic rings. The Morgan fingerprint density at radius 1 is 1.42 bits per heavy atom. The van der Waals surface area contributed by atoms with E-state index in [2.05, 4.69) is 0 Å². The van der Waals surface area contributed by atoms with Crippen LogP contribution in [0.4, 0.5) is 4.79 Å². The van der Waals surface area contributed by atoms with E-state index in [4.69, 9.17) is 0 Å². The summed E-state index contributed by atoms with van der Waals surface area (Å²) in [5.74, 6) is 0. The van der Waals surface area contributed by atoms with Gasteiger partial charge < -0.3 is 9.90 Å². The number of allylic oxidation sites excluding steroid dienone is 3. The van der Waals surface area contributed by atoms with E-state index in [0.717, 1.165) is 16.3 Å². The molecule has 0 bridgehead atoms. The van der Waals surface area contributed by atoms with Gasteiger partial charge in [-0.25, -0.2) is 0 Å². The molecule has 1 aliphatic heterocycles. The van der Waals surface area contributed by atoms with Gasteiger partial charge in [-0.3, -0.25) is 0 Å². The molecule has 12 heavy (non-hydrogen) atoms. The van der Waals surface area contributed by atoms with Crippen LogP contribution in [0.2, 0.25) is 0 Å². The van der Waals surface area contributed by atoms with Crippen molar-refractivity contribution in [1.82, 2.24) is 0 Å². The van der Waals surface area contributed by atoms with Crippen LogP contribution in [0.3, 0.4) is 0 Å². The maximum atomic E-state index is 10.6. The predicted molar refractivity (Wildman–Crippen MR) is 44.7 cm³/mol. The Balaban J connectivity index is 0.00000121. The monoisotopic (exact) mass is 190 g/mol. The third kappa shape index (κ3) is 2.10. The van der Waals surface area contributed by atoms with Crippen LogP contribution in [0.1, 0.15) is 20.8 Å². The van der Waals surface area contributed by atoms with E-state index in [1.807, 2.05) is 26.5 Å². The number of rotatable bonds is 1. The first-order valence-corrected chi connectivity index (χ1v) is 5.43. The second kappa shape index (κ2) is 4.42. The summed E-state index contributed by atoms with van der Waals surface area (Å²) < 4.78 is 0.